The Balaban J connectivity index is 1.78. The summed E-state index contributed by atoms with van der Waals surface area (Å²) in [4.78, 5) is 0. The topological polar surface area (TPSA) is 47.3 Å². The Kier molecular flexibility index (Phi) is 3.95. The first-order chi connectivity index (χ1) is 10.2. The van der Waals surface area contributed by atoms with Gasteiger partial charge in [-0.1, -0.05) is 36.4 Å². The van der Waals surface area contributed by atoms with Gasteiger partial charge in [0.25, 0.3) is 0 Å². The first kappa shape index (κ1) is 14.1. The molecule has 2 aromatic carbocycles. The Bertz CT molecular complexity index is 594. The van der Waals surface area contributed by atoms with Gasteiger partial charge in [0.05, 0.1) is 6.04 Å². The molecular weight excluding hydrogens is 260 g/mol. The van der Waals surface area contributed by atoms with Crippen molar-refractivity contribution in [3.63, 3.8) is 0 Å². The fourth-order valence-corrected chi connectivity index (χ4v) is 3.12. The third-order valence-electron chi connectivity index (χ3n) is 4.40. The van der Waals surface area contributed by atoms with Crippen LogP contribution in [-0.4, -0.2) is 12.1 Å². The largest absolute Gasteiger partial charge is 0.488 e. The molecule has 0 spiro atoms. The van der Waals surface area contributed by atoms with Crippen LogP contribution in [0, 0.1) is 13.8 Å². The number of benzene rings is 2. The molecule has 3 rings (SSSR count). The van der Waals surface area contributed by atoms with Gasteiger partial charge in [-0.3, -0.25) is 11.3 Å². The van der Waals surface area contributed by atoms with Crippen LogP contribution in [0.15, 0.2) is 42.5 Å². The molecule has 0 aromatic heterocycles. The highest BCUT2D eigenvalue weighted by Crippen LogP contribution is 2.30. The summed E-state index contributed by atoms with van der Waals surface area (Å²) in [6.45, 7) is 4.31. The van der Waals surface area contributed by atoms with Gasteiger partial charge in [-0.25, -0.2) is 0 Å². The molecule has 0 amide bonds. The van der Waals surface area contributed by atoms with Crippen LogP contribution in [0.1, 0.15) is 22.3 Å². The van der Waals surface area contributed by atoms with Crippen molar-refractivity contribution in [3.8, 4) is 5.75 Å². The Hall–Kier alpha value is -1.84. The summed E-state index contributed by atoms with van der Waals surface area (Å²) < 4.78 is 6.07. The molecule has 0 saturated heterocycles. The van der Waals surface area contributed by atoms with E-state index < -0.39 is 0 Å². The molecular formula is C18H22N2O. The van der Waals surface area contributed by atoms with Gasteiger partial charge in [-0.15, -0.1) is 0 Å². The standard InChI is InChI=1S/C18H22N2O/c1-12-6-5-7-13(2)15(12)11-16(20-19)18-10-14-8-3-4-9-17(14)21-18/h3-9,16,18,20H,10-11,19H2,1-2H3. The second kappa shape index (κ2) is 5.88. The highest BCUT2D eigenvalue weighted by molar-refractivity contribution is 5.39. The summed E-state index contributed by atoms with van der Waals surface area (Å²) in [5.41, 5.74) is 8.21. The Morgan fingerprint density at radius 3 is 2.52 bits per heavy atom. The van der Waals surface area contributed by atoms with Crippen LogP contribution in [0.25, 0.3) is 0 Å². The summed E-state index contributed by atoms with van der Waals surface area (Å²) >= 11 is 0. The van der Waals surface area contributed by atoms with Gasteiger partial charge in [-0.05, 0) is 48.6 Å². The van der Waals surface area contributed by atoms with Crippen molar-refractivity contribution < 1.29 is 4.74 Å². The van der Waals surface area contributed by atoms with E-state index in [1.165, 1.54) is 22.3 Å². The van der Waals surface area contributed by atoms with Crippen molar-refractivity contribution >= 4 is 0 Å². The van der Waals surface area contributed by atoms with Gasteiger partial charge >= 0.3 is 0 Å². The van der Waals surface area contributed by atoms with E-state index in [-0.39, 0.29) is 12.1 Å². The fraction of sp³-hybridized carbons (Fsp3) is 0.333. The van der Waals surface area contributed by atoms with Crippen LogP contribution >= 0.6 is 0 Å². The smallest absolute Gasteiger partial charge is 0.123 e. The number of nitrogens with one attached hydrogen (secondary N) is 1. The minimum atomic E-state index is 0.0893. The molecule has 21 heavy (non-hydrogen) atoms. The zero-order valence-electron chi connectivity index (χ0n) is 12.6. The maximum absolute atomic E-state index is 6.07. The lowest BCUT2D eigenvalue weighted by Gasteiger charge is -2.24. The van der Waals surface area contributed by atoms with E-state index in [0.29, 0.717) is 0 Å². The number of hydrogen-bond donors (Lipinski definition) is 2. The number of hydrazine groups is 1. The Labute approximate surface area is 126 Å². The van der Waals surface area contributed by atoms with E-state index in [0.717, 1.165) is 18.6 Å². The minimum absolute atomic E-state index is 0.0893. The third-order valence-corrected chi connectivity index (χ3v) is 4.40. The molecule has 0 fully saturated rings. The van der Waals surface area contributed by atoms with E-state index in [4.69, 9.17) is 10.6 Å². The molecule has 2 aromatic rings. The summed E-state index contributed by atoms with van der Waals surface area (Å²) in [6, 6.07) is 14.7. The number of rotatable bonds is 4. The lowest BCUT2D eigenvalue weighted by atomic mass is 9.93. The van der Waals surface area contributed by atoms with Gasteiger partial charge in [0.15, 0.2) is 0 Å². The maximum atomic E-state index is 6.07. The van der Waals surface area contributed by atoms with Crippen molar-refractivity contribution in [2.45, 2.75) is 38.8 Å². The van der Waals surface area contributed by atoms with Crippen LogP contribution in [-0.2, 0) is 12.8 Å². The molecule has 1 heterocycles. The van der Waals surface area contributed by atoms with Crippen molar-refractivity contribution in [2.75, 3.05) is 0 Å². The SMILES string of the molecule is Cc1cccc(C)c1CC(NN)C1Cc2ccccc2O1. The maximum Gasteiger partial charge on any atom is 0.123 e. The highest BCUT2D eigenvalue weighted by atomic mass is 16.5. The molecule has 0 radical (unpaired) electrons. The molecule has 3 N–H and O–H groups in total. The van der Waals surface area contributed by atoms with Crippen molar-refractivity contribution in [3.05, 3.63) is 64.7 Å². The fourth-order valence-electron chi connectivity index (χ4n) is 3.12. The van der Waals surface area contributed by atoms with E-state index in [1.54, 1.807) is 0 Å². The average molecular weight is 282 g/mol. The Morgan fingerprint density at radius 2 is 1.86 bits per heavy atom. The lowest BCUT2D eigenvalue weighted by Crippen LogP contribution is -2.47. The zero-order chi connectivity index (χ0) is 14.8. The van der Waals surface area contributed by atoms with Crippen molar-refractivity contribution in [1.29, 1.82) is 0 Å². The van der Waals surface area contributed by atoms with Crippen LogP contribution in [0.4, 0.5) is 0 Å². The van der Waals surface area contributed by atoms with E-state index in [9.17, 15) is 0 Å². The molecule has 3 nitrogen and oxygen atoms in total. The first-order valence-corrected chi connectivity index (χ1v) is 7.45. The van der Waals surface area contributed by atoms with E-state index >= 15 is 0 Å². The van der Waals surface area contributed by atoms with Gasteiger partial charge in [0, 0.05) is 6.42 Å². The molecule has 0 saturated carbocycles. The number of nitrogens with two attached hydrogens (primary N) is 1. The van der Waals surface area contributed by atoms with Crippen molar-refractivity contribution in [1.82, 2.24) is 5.43 Å². The first-order valence-electron chi connectivity index (χ1n) is 7.45. The molecule has 3 heteroatoms. The summed E-state index contributed by atoms with van der Waals surface area (Å²) in [5.74, 6) is 6.80. The number of aryl methyl sites for hydroxylation is 2. The second-order valence-electron chi connectivity index (χ2n) is 5.82. The monoisotopic (exact) mass is 282 g/mol. The van der Waals surface area contributed by atoms with E-state index in [1.807, 2.05) is 12.1 Å². The lowest BCUT2D eigenvalue weighted by molar-refractivity contribution is 0.177. The molecule has 1 aliphatic rings. The zero-order valence-corrected chi connectivity index (χ0v) is 12.6. The normalized spacial score (nSPS) is 18.1. The summed E-state index contributed by atoms with van der Waals surface area (Å²) in [7, 11) is 0. The third kappa shape index (κ3) is 2.80. The van der Waals surface area contributed by atoms with E-state index in [2.05, 4.69) is 49.6 Å². The van der Waals surface area contributed by atoms with Gasteiger partial charge in [0.1, 0.15) is 11.9 Å². The number of fused-ring (bicyclic) bond motifs is 1. The summed E-state index contributed by atoms with van der Waals surface area (Å²) in [6.07, 6.45) is 1.88. The molecule has 1 aliphatic heterocycles. The molecule has 2 unspecified atom stereocenters. The predicted molar refractivity (Wildman–Crippen MR) is 85.3 cm³/mol. The number of hydrogen-bond acceptors (Lipinski definition) is 3. The Morgan fingerprint density at radius 1 is 1.14 bits per heavy atom. The van der Waals surface area contributed by atoms with Crippen LogP contribution in [0.3, 0.4) is 0 Å². The highest BCUT2D eigenvalue weighted by Gasteiger charge is 2.30. The van der Waals surface area contributed by atoms with Crippen LogP contribution < -0.4 is 16.0 Å². The average Bonchev–Trinajstić information content (AvgIpc) is 2.90. The van der Waals surface area contributed by atoms with Crippen LogP contribution in [0.2, 0.25) is 0 Å². The molecule has 0 aliphatic carbocycles. The minimum Gasteiger partial charge on any atom is -0.488 e. The van der Waals surface area contributed by atoms with Gasteiger partial charge in [0.2, 0.25) is 0 Å². The molecule has 0 bridgehead atoms. The quantitative estimate of drug-likeness (QED) is 0.669. The van der Waals surface area contributed by atoms with Gasteiger partial charge in [-0.2, -0.15) is 0 Å². The van der Waals surface area contributed by atoms with Crippen LogP contribution in [0.5, 0.6) is 5.75 Å². The predicted octanol–water partition coefficient (Wildman–Crippen LogP) is 2.68. The molecule has 2 atom stereocenters. The van der Waals surface area contributed by atoms with Crippen molar-refractivity contribution in [2.24, 2.45) is 5.84 Å². The van der Waals surface area contributed by atoms with Gasteiger partial charge < -0.3 is 4.74 Å². The number of para-hydroxylation sites is 1. The summed E-state index contributed by atoms with van der Waals surface area (Å²) in [5, 5.41) is 0. The number of ether oxygens (including phenoxy) is 1. The molecule has 110 valence electrons. The second-order valence-corrected chi connectivity index (χ2v) is 5.82.